The average Bonchev–Trinajstić information content (AvgIpc) is 3.44. The topological polar surface area (TPSA) is 12.0 Å². The number of hydrogen-bond donors (Lipinski definition) is 1. The van der Waals surface area contributed by atoms with E-state index in [2.05, 4.69) is 55.5 Å². The minimum Gasteiger partial charge on any atom is -0.420 e. The largest absolute Gasteiger partial charge is 0.420 e. The van der Waals surface area contributed by atoms with Crippen LogP contribution in [0.1, 0.15) is 86.1 Å². The van der Waals surface area contributed by atoms with Gasteiger partial charge < -0.3 is 5.23 Å². The molecule has 1 N–H and O–H groups in total. The maximum atomic E-state index is 7.14. The van der Waals surface area contributed by atoms with Gasteiger partial charge in [0.1, 0.15) is 0 Å². The Bertz CT molecular complexity index is 1160. The van der Waals surface area contributed by atoms with Gasteiger partial charge in [-0.25, -0.2) is 0 Å². The molecule has 3 aromatic rings. The SMILES string of the molecule is CCCCCCc1cc2c(s1)-c1sc(CCCCCC)cc1C1=C(Cl)c3ccccc3NB12. The lowest BCUT2D eigenvalue weighted by Gasteiger charge is -2.31. The Labute approximate surface area is 212 Å². The van der Waals surface area contributed by atoms with E-state index in [0.717, 1.165) is 16.3 Å². The zero-order chi connectivity index (χ0) is 22.8. The van der Waals surface area contributed by atoms with E-state index in [0.29, 0.717) is 0 Å². The Morgan fingerprint density at radius 3 is 2.18 bits per heavy atom. The van der Waals surface area contributed by atoms with Crippen molar-refractivity contribution in [2.24, 2.45) is 0 Å². The molecule has 0 unspecified atom stereocenters. The number of anilines is 1. The molecular formula is C28H33BClNS2. The van der Waals surface area contributed by atoms with E-state index in [-0.39, 0.29) is 6.85 Å². The molecule has 0 amide bonds. The van der Waals surface area contributed by atoms with Crippen LogP contribution < -0.4 is 10.7 Å². The zero-order valence-electron chi connectivity index (χ0n) is 19.8. The van der Waals surface area contributed by atoms with Gasteiger partial charge in [0.15, 0.2) is 0 Å². The van der Waals surface area contributed by atoms with Gasteiger partial charge in [0.25, 0.3) is 0 Å². The third kappa shape index (κ3) is 4.59. The Kier molecular flexibility index (Phi) is 7.34. The predicted octanol–water partition coefficient (Wildman–Crippen LogP) is 9.01. The van der Waals surface area contributed by atoms with Gasteiger partial charge in [-0.3, -0.25) is 0 Å². The van der Waals surface area contributed by atoms with Crippen molar-refractivity contribution < 1.29 is 0 Å². The van der Waals surface area contributed by atoms with E-state index in [1.165, 1.54) is 100 Å². The van der Waals surface area contributed by atoms with Crippen LogP contribution in [0.3, 0.4) is 0 Å². The van der Waals surface area contributed by atoms with Crippen LogP contribution >= 0.6 is 34.3 Å². The first-order valence-electron chi connectivity index (χ1n) is 12.7. The first-order chi connectivity index (χ1) is 16.2. The summed E-state index contributed by atoms with van der Waals surface area (Å²) in [6, 6.07) is 13.4. The van der Waals surface area contributed by atoms with E-state index in [1.807, 2.05) is 22.7 Å². The molecule has 0 spiro atoms. The third-order valence-electron chi connectivity index (χ3n) is 6.94. The van der Waals surface area contributed by atoms with Crippen molar-refractivity contribution in [2.75, 3.05) is 5.23 Å². The summed E-state index contributed by atoms with van der Waals surface area (Å²) in [7, 11) is 0. The highest BCUT2D eigenvalue weighted by Gasteiger charge is 2.40. The molecular weight excluding hydrogens is 461 g/mol. The normalized spacial score (nSPS) is 14.0. The molecule has 0 aliphatic carbocycles. The fraction of sp³-hybridized carbons (Fsp3) is 0.429. The lowest BCUT2D eigenvalue weighted by atomic mass is 9.45. The number of thiophene rings is 2. The smallest absolute Gasteiger partial charge is 0.324 e. The minimum absolute atomic E-state index is 0.151. The van der Waals surface area contributed by atoms with E-state index in [4.69, 9.17) is 11.6 Å². The molecule has 33 heavy (non-hydrogen) atoms. The molecule has 5 rings (SSSR count). The molecule has 0 fully saturated rings. The summed E-state index contributed by atoms with van der Waals surface area (Å²) in [6.45, 7) is 4.72. The summed E-state index contributed by atoms with van der Waals surface area (Å²) in [4.78, 5) is 5.96. The second kappa shape index (κ2) is 10.4. The van der Waals surface area contributed by atoms with Gasteiger partial charge in [0, 0.05) is 30.9 Å². The average molecular weight is 494 g/mol. The van der Waals surface area contributed by atoms with Crippen LogP contribution in [0.2, 0.25) is 0 Å². The van der Waals surface area contributed by atoms with Gasteiger partial charge in [-0.15, -0.1) is 22.7 Å². The van der Waals surface area contributed by atoms with Crippen LogP contribution in [0.4, 0.5) is 5.69 Å². The quantitative estimate of drug-likeness (QED) is 0.219. The first kappa shape index (κ1) is 23.3. The second-order valence-electron chi connectivity index (χ2n) is 9.42. The van der Waals surface area contributed by atoms with Crippen molar-refractivity contribution in [3.63, 3.8) is 0 Å². The number of nitrogens with one attached hydrogen (secondary N) is 1. The fourth-order valence-corrected chi connectivity index (χ4v) is 8.16. The second-order valence-corrected chi connectivity index (χ2v) is 12.1. The van der Waals surface area contributed by atoms with E-state index >= 15 is 0 Å². The summed E-state index contributed by atoms with van der Waals surface area (Å²) in [5.74, 6) is 0. The van der Waals surface area contributed by atoms with Crippen molar-refractivity contribution in [3.05, 3.63) is 57.3 Å². The Morgan fingerprint density at radius 1 is 0.788 bits per heavy atom. The summed E-state index contributed by atoms with van der Waals surface area (Å²) >= 11 is 11.2. The van der Waals surface area contributed by atoms with Crippen molar-refractivity contribution in [3.8, 4) is 9.75 Å². The van der Waals surface area contributed by atoms with Crippen molar-refractivity contribution in [2.45, 2.75) is 78.1 Å². The molecule has 4 heterocycles. The minimum atomic E-state index is 0.151. The number of hydrogen-bond acceptors (Lipinski definition) is 3. The Morgan fingerprint density at radius 2 is 1.45 bits per heavy atom. The lowest BCUT2D eigenvalue weighted by molar-refractivity contribution is 0.670. The summed E-state index contributed by atoms with van der Waals surface area (Å²) in [5, 5.41) is 4.78. The number of aryl methyl sites for hydroxylation is 2. The molecule has 2 aliphatic rings. The van der Waals surface area contributed by atoms with Gasteiger partial charge >= 0.3 is 6.85 Å². The molecule has 2 aromatic heterocycles. The standard InChI is InChI=1S/C28H33BClNS2/c1-3-5-7-9-13-19-17-22-25-26(30)21-15-11-12-16-24(21)31-29(25)23-18-20(14-10-8-6-4-2)33-28(23)27(22)32-19/h11-12,15-18,31H,3-10,13-14H2,1-2H3. The monoisotopic (exact) mass is 493 g/mol. The Balaban J connectivity index is 1.54. The number of para-hydroxylation sites is 1. The highest BCUT2D eigenvalue weighted by molar-refractivity contribution is 7.25. The zero-order valence-corrected chi connectivity index (χ0v) is 22.2. The van der Waals surface area contributed by atoms with Gasteiger partial charge in [-0.05, 0) is 54.3 Å². The van der Waals surface area contributed by atoms with Gasteiger partial charge in [0.05, 0.1) is 4.88 Å². The molecule has 0 atom stereocenters. The molecule has 0 bridgehead atoms. The third-order valence-corrected chi connectivity index (χ3v) is 9.92. The van der Waals surface area contributed by atoms with E-state index in [1.54, 1.807) is 0 Å². The van der Waals surface area contributed by atoms with E-state index < -0.39 is 0 Å². The summed E-state index contributed by atoms with van der Waals surface area (Å²) in [6.07, 6.45) is 12.9. The molecule has 1 aromatic carbocycles. The number of benzene rings is 1. The van der Waals surface area contributed by atoms with Gasteiger partial charge in [-0.2, -0.15) is 0 Å². The fourth-order valence-electron chi connectivity index (χ4n) is 5.17. The highest BCUT2D eigenvalue weighted by atomic mass is 35.5. The molecule has 0 saturated heterocycles. The highest BCUT2D eigenvalue weighted by Crippen LogP contribution is 2.50. The van der Waals surface area contributed by atoms with Crippen LogP contribution in [0.25, 0.3) is 20.3 Å². The number of halogens is 1. The first-order valence-corrected chi connectivity index (χ1v) is 14.7. The molecule has 0 radical (unpaired) electrons. The Hall–Kier alpha value is -1.49. The van der Waals surface area contributed by atoms with Crippen molar-refractivity contribution >= 4 is 62.8 Å². The number of unbranched alkanes of at least 4 members (excludes halogenated alkanes) is 6. The lowest BCUT2D eigenvalue weighted by Crippen LogP contribution is -2.44. The van der Waals surface area contributed by atoms with Crippen molar-refractivity contribution in [1.29, 1.82) is 0 Å². The molecule has 0 saturated carbocycles. The molecule has 1 nitrogen and oxygen atoms in total. The number of rotatable bonds is 10. The van der Waals surface area contributed by atoms with Crippen LogP contribution in [0, 0.1) is 0 Å². The maximum absolute atomic E-state index is 7.14. The van der Waals surface area contributed by atoms with Crippen molar-refractivity contribution in [1.82, 2.24) is 0 Å². The molecule has 2 aliphatic heterocycles. The van der Waals surface area contributed by atoms with Crippen LogP contribution in [-0.2, 0) is 12.8 Å². The van der Waals surface area contributed by atoms with Crippen LogP contribution in [0.15, 0.2) is 36.4 Å². The molecule has 172 valence electrons. The maximum Gasteiger partial charge on any atom is 0.324 e. The summed E-state index contributed by atoms with van der Waals surface area (Å²) < 4.78 is 0. The summed E-state index contributed by atoms with van der Waals surface area (Å²) in [5.41, 5.74) is 6.36. The molecule has 5 heteroatoms. The predicted molar refractivity (Wildman–Crippen MR) is 151 cm³/mol. The van der Waals surface area contributed by atoms with Crippen LogP contribution in [-0.4, -0.2) is 6.85 Å². The van der Waals surface area contributed by atoms with Gasteiger partial charge in [-0.1, -0.05) is 88.2 Å². The van der Waals surface area contributed by atoms with E-state index in [9.17, 15) is 0 Å². The number of fused-ring (bicyclic) bond motifs is 7. The van der Waals surface area contributed by atoms with Gasteiger partial charge in [0.2, 0.25) is 0 Å². The van der Waals surface area contributed by atoms with Crippen LogP contribution in [0.5, 0.6) is 0 Å².